The van der Waals surface area contributed by atoms with Crippen LogP contribution < -0.4 is 26.6 Å². The summed E-state index contributed by atoms with van der Waals surface area (Å²) in [4.78, 5) is 27.3. The largest absolute Gasteiger partial charge is 0.397 e. The van der Waals surface area contributed by atoms with Gasteiger partial charge < -0.3 is 31.7 Å². The number of amides is 1. The summed E-state index contributed by atoms with van der Waals surface area (Å²) in [6.07, 6.45) is 3.24. The first-order valence-electron chi connectivity index (χ1n) is 10.0. The van der Waals surface area contributed by atoms with E-state index in [1.807, 2.05) is 35.2 Å². The maximum Gasteiger partial charge on any atom is 0.256 e. The number of aliphatic hydroxyl groups excluding tert-OH is 1. The topological polar surface area (TPSA) is 137 Å². The molecule has 0 bridgehead atoms. The molecule has 164 valence electrons. The number of rotatable bonds is 7. The molecule has 3 heterocycles. The smallest absolute Gasteiger partial charge is 0.256 e. The summed E-state index contributed by atoms with van der Waals surface area (Å²) in [5.74, 6) is 0.981. The van der Waals surface area contributed by atoms with Gasteiger partial charge in [0.25, 0.3) is 5.91 Å². The van der Waals surface area contributed by atoms with Gasteiger partial charge >= 0.3 is 0 Å². The Morgan fingerprint density at radius 1 is 1.23 bits per heavy atom. The fraction of sp³-hybridized carbons (Fsp3) is 0.350. The van der Waals surface area contributed by atoms with Crippen LogP contribution in [0, 0.1) is 0 Å². The minimum atomic E-state index is -0.488. The van der Waals surface area contributed by atoms with Crippen LogP contribution in [0.25, 0.3) is 0 Å². The predicted octanol–water partition coefficient (Wildman–Crippen LogP) is 0.449. The van der Waals surface area contributed by atoms with Crippen molar-refractivity contribution in [2.45, 2.75) is 5.50 Å². The second-order valence-corrected chi connectivity index (χ2v) is 8.37. The van der Waals surface area contributed by atoms with Crippen LogP contribution in [0.5, 0.6) is 0 Å². The number of anilines is 4. The van der Waals surface area contributed by atoms with Crippen LogP contribution in [0.15, 0.2) is 47.8 Å². The van der Waals surface area contributed by atoms with E-state index in [1.54, 1.807) is 6.20 Å². The number of aliphatic hydroxyl groups is 1. The first-order valence-corrected chi connectivity index (χ1v) is 10.9. The highest BCUT2D eigenvalue weighted by Gasteiger charge is 2.30. The Bertz CT molecular complexity index is 964. The van der Waals surface area contributed by atoms with Crippen molar-refractivity contribution in [1.29, 1.82) is 0 Å². The third-order valence-electron chi connectivity index (χ3n) is 5.24. The summed E-state index contributed by atoms with van der Waals surface area (Å²) in [6, 6.07) is 9.36. The number of β-amino-alcohol motifs (C(OH)–C–C–N with tert-alkyl or cyclic N) is 1. The lowest BCUT2D eigenvalue weighted by Gasteiger charge is -2.35. The molecule has 2 aromatic rings. The zero-order valence-corrected chi connectivity index (χ0v) is 17.8. The van der Waals surface area contributed by atoms with Crippen molar-refractivity contribution in [3.05, 3.63) is 47.8 Å². The van der Waals surface area contributed by atoms with Crippen molar-refractivity contribution >= 4 is 40.7 Å². The number of para-hydroxylation sites is 2. The molecule has 0 aliphatic carbocycles. The van der Waals surface area contributed by atoms with Gasteiger partial charge in [-0.15, -0.1) is 0 Å². The van der Waals surface area contributed by atoms with Gasteiger partial charge in [-0.3, -0.25) is 9.69 Å². The Hall–Kier alpha value is -3.02. The molecule has 10 nitrogen and oxygen atoms in total. The lowest BCUT2D eigenvalue weighted by Crippen LogP contribution is -2.47. The maximum atomic E-state index is 11.8. The number of carbonyl (C=O) groups is 1. The number of carbonyl (C=O) groups excluding carboxylic acids is 1. The fourth-order valence-corrected chi connectivity index (χ4v) is 4.61. The highest BCUT2D eigenvalue weighted by atomic mass is 32.2. The van der Waals surface area contributed by atoms with Crippen LogP contribution in [-0.2, 0) is 4.79 Å². The number of thioether (sulfide) groups is 1. The second kappa shape index (κ2) is 9.41. The number of piperazine rings is 1. The number of nitrogens with zero attached hydrogens (tertiary/aromatic N) is 5. The van der Waals surface area contributed by atoms with E-state index in [0.29, 0.717) is 23.0 Å². The van der Waals surface area contributed by atoms with Gasteiger partial charge in [-0.1, -0.05) is 23.9 Å². The van der Waals surface area contributed by atoms with Crippen LogP contribution in [-0.4, -0.2) is 70.7 Å². The Morgan fingerprint density at radius 3 is 2.71 bits per heavy atom. The van der Waals surface area contributed by atoms with Crippen molar-refractivity contribution < 1.29 is 9.90 Å². The van der Waals surface area contributed by atoms with Crippen molar-refractivity contribution in [1.82, 2.24) is 14.9 Å². The van der Waals surface area contributed by atoms with Crippen molar-refractivity contribution in [3.8, 4) is 0 Å². The lowest BCUT2D eigenvalue weighted by atomic mass is 10.2. The third kappa shape index (κ3) is 4.84. The summed E-state index contributed by atoms with van der Waals surface area (Å²) in [7, 11) is 0. The maximum absolute atomic E-state index is 11.8. The van der Waals surface area contributed by atoms with E-state index in [4.69, 9.17) is 16.6 Å². The van der Waals surface area contributed by atoms with E-state index in [2.05, 4.69) is 25.1 Å². The highest BCUT2D eigenvalue weighted by Crippen LogP contribution is 2.38. The molecule has 1 aromatic carbocycles. The first-order chi connectivity index (χ1) is 15.0. The Balaban J connectivity index is 1.50. The van der Waals surface area contributed by atoms with Crippen LogP contribution in [0.1, 0.15) is 0 Å². The number of nitrogens with one attached hydrogen (secondary N) is 1. The summed E-state index contributed by atoms with van der Waals surface area (Å²) in [6.45, 7) is 4.27. The second-order valence-electron chi connectivity index (χ2n) is 7.25. The number of nitrogens with two attached hydrogens (primary N) is 2. The summed E-state index contributed by atoms with van der Waals surface area (Å²) in [5, 5.41) is 12.5. The van der Waals surface area contributed by atoms with E-state index < -0.39 is 5.91 Å². The molecule has 6 N–H and O–H groups in total. The lowest BCUT2D eigenvalue weighted by molar-refractivity contribution is -0.113. The molecule has 1 saturated heterocycles. The standard InChI is InChI=1S/C20H26N8O2S/c21-14-3-1-2-4-15(14)28-12-16(19(22)30)31-20(28)25-17-11-18(24-13-23-17)27-7-5-26(6-8-27)9-10-29/h1-4,11-13,20,29H,5-10,21H2,(H2,22,30)(H,23,24,25). The molecule has 0 saturated carbocycles. The van der Waals surface area contributed by atoms with Gasteiger partial charge in [0.05, 0.1) is 22.9 Å². The molecular weight excluding hydrogens is 416 g/mol. The molecule has 0 radical (unpaired) electrons. The Labute approximate surface area is 184 Å². The Kier molecular flexibility index (Phi) is 6.44. The quantitative estimate of drug-likeness (QED) is 0.447. The zero-order chi connectivity index (χ0) is 21.8. The van der Waals surface area contributed by atoms with Gasteiger partial charge in [0.1, 0.15) is 18.0 Å². The normalized spacial score (nSPS) is 19.4. The van der Waals surface area contributed by atoms with Gasteiger partial charge in [0, 0.05) is 45.0 Å². The molecule has 1 atom stereocenters. The molecule has 0 spiro atoms. The molecule has 4 rings (SSSR count). The van der Waals surface area contributed by atoms with Gasteiger partial charge in [0.15, 0.2) is 5.50 Å². The zero-order valence-electron chi connectivity index (χ0n) is 17.0. The minimum Gasteiger partial charge on any atom is -0.397 e. The molecule has 1 aromatic heterocycles. The van der Waals surface area contributed by atoms with Gasteiger partial charge in [-0.2, -0.15) is 0 Å². The molecule has 31 heavy (non-hydrogen) atoms. The molecule has 2 aliphatic heterocycles. The molecular formula is C20H26N8O2S. The monoisotopic (exact) mass is 442 g/mol. The van der Waals surface area contributed by atoms with E-state index in [9.17, 15) is 4.79 Å². The van der Waals surface area contributed by atoms with E-state index in [1.165, 1.54) is 18.1 Å². The molecule has 1 fully saturated rings. The number of hydrogen-bond acceptors (Lipinski definition) is 10. The average molecular weight is 443 g/mol. The number of primary amides is 1. The predicted molar refractivity (Wildman–Crippen MR) is 123 cm³/mol. The average Bonchev–Trinajstić information content (AvgIpc) is 3.19. The molecule has 1 unspecified atom stereocenters. The SMILES string of the molecule is NC(=O)C1=CN(c2ccccc2N)C(Nc2cc(N3CCN(CCO)CC3)ncn2)S1. The van der Waals surface area contributed by atoms with E-state index in [0.717, 1.165) is 37.7 Å². The fourth-order valence-electron chi connectivity index (χ4n) is 3.61. The van der Waals surface area contributed by atoms with Gasteiger partial charge in [-0.25, -0.2) is 9.97 Å². The van der Waals surface area contributed by atoms with Crippen molar-refractivity contribution in [2.75, 3.05) is 60.2 Å². The van der Waals surface area contributed by atoms with Crippen molar-refractivity contribution in [3.63, 3.8) is 0 Å². The number of aromatic nitrogens is 2. The number of benzene rings is 1. The van der Waals surface area contributed by atoms with Crippen LogP contribution in [0.4, 0.5) is 23.0 Å². The molecule has 11 heteroatoms. The highest BCUT2D eigenvalue weighted by molar-refractivity contribution is 8.05. The minimum absolute atomic E-state index is 0.171. The van der Waals surface area contributed by atoms with Gasteiger partial charge in [-0.05, 0) is 12.1 Å². The first kappa shape index (κ1) is 21.2. The summed E-state index contributed by atoms with van der Waals surface area (Å²) < 4.78 is 0. The number of nitrogen functional groups attached to an aromatic ring is 1. The molecule has 1 amide bonds. The van der Waals surface area contributed by atoms with E-state index >= 15 is 0 Å². The van der Waals surface area contributed by atoms with Crippen LogP contribution >= 0.6 is 11.8 Å². The molecule has 2 aliphatic rings. The third-order valence-corrected chi connectivity index (χ3v) is 6.37. The van der Waals surface area contributed by atoms with Crippen LogP contribution in [0.3, 0.4) is 0 Å². The Morgan fingerprint density at radius 2 is 2.00 bits per heavy atom. The van der Waals surface area contributed by atoms with Crippen LogP contribution in [0.2, 0.25) is 0 Å². The van der Waals surface area contributed by atoms with Crippen molar-refractivity contribution in [2.24, 2.45) is 5.73 Å². The van der Waals surface area contributed by atoms with E-state index in [-0.39, 0.29) is 12.1 Å². The van der Waals surface area contributed by atoms with Gasteiger partial charge in [0.2, 0.25) is 0 Å². The summed E-state index contributed by atoms with van der Waals surface area (Å²) >= 11 is 1.31. The summed E-state index contributed by atoms with van der Waals surface area (Å²) in [5.41, 5.74) is 12.7. The number of hydrogen-bond donors (Lipinski definition) is 4.